The molecule has 1 aromatic rings. The van der Waals surface area contributed by atoms with Crippen LogP contribution in [0.4, 0.5) is 13.2 Å². The van der Waals surface area contributed by atoms with E-state index in [-0.39, 0.29) is 4.42 Å². The molecule has 0 fully saturated rings. The van der Waals surface area contributed by atoms with Crippen molar-refractivity contribution in [2.45, 2.75) is 12.6 Å². The third-order valence-electron chi connectivity index (χ3n) is 1.46. The molecule has 4 heteroatoms. The zero-order valence-corrected chi connectivity index (χ0v) is 8.35. The van der Waals surface area contributed by atoms with Crippen molar-refractivity contribution in [2.75, 3.05) is 0 Å². The van der Waals surface area contributed by atoms with Crippen molar-refractivity contribution in [1.29, 1.82) is 0 Å². The first-order valence-electron chi connectivity index (χ1n) is 3.64. The summed E-state index contributed by atoms with van der Waals surface area (Å²) in [6.45, 7) is 0. The molecule has 1 rings (SSSR count). The third-order valence-corrected chi connectivity index (χ3v) is 2.25. The number of benzene rings is 1. The molecular weight excluding hydrogens is 244 g/mol. The second kappa shape index (κ2) is 4.07. The van der Waals surface area contributed by atoms with Gasteiger partial charge in [0.05, 0.1) is 0 Å². The predicted molar refractivity (Wildman–Crippen MR) is 47.0 cm³/mol. The van der Waals surface area contributed by atoms with Crippen LogP contribution in [-0.4, -0.2) is 26.2 Å². The minimum absolute atomic E-state index is 0.230. The summed E-state index contributed by atoms with van der Waals surface area (Å²) in [5, 5.41) is 0. The van der Waals surface area contributed by atoms with Gasteiger partial charge in [-0.25, -0.2) is 0 Å². The fourth-order valence-corrected chi connectivity index (χ4v) is 1.54. The van der Waals surface area contributed by atoms with E-state index in [9.17, 15) is 13.2 Å². The van der Waals surface area contributed by atoms with Gasteiger partial charge < -0.3 is 0 Å². The van der Waals surface area contributed by atoms with E-state index in [4.69, 9.17) is 0 Å². The average Bonchev–Trinajstić information content (AvgIpc) is 2.03. The van der Waals surface area contributed by atoms with Crippen molar-refractivity contribution >= 4 is 20.0 Å². The van der Waals surface area contributed by atoms with E-state index < -0.39 is 12.6 Å². The number of halogens is 3. The van der Waals surface area contributed by atoms with E-state index >= 15 is 0 Å². The first-order valence-corrected chi connectivity index (χ1v) is 4.50. The van der Waals surface area contributed by atoms with Crippen LogP contribution in [0, 0.1) is 0 Å². The Morgan fingerprint density at radius 2 is 1.69 bits per heavy atom. The SMILES string of the molecule is FC(F)(F)CC(=[Se])c1ccccc1. The Kier molecular flexibility index (Phi) is 3.28. The quantitative estimate of drug-likeness (QED) is 0.708. The molecule has 0 unspecified atom stereocenters. The summed E-state index contributed by atoms with van der Waals surface area (Å²) in [5.74, 6) is 0. The second-order valence-corrected chi connectivity index (χ2v) is 3.62. The van der Waals surface area contributed by atoms with Crippen molar-refractivity contribution in [1.82, 2.24) is 0 Å². The molecule has 0 radical (unpaired) electrons. The van der Waals surface area contributed by atoms with E-state index in [2.05, 4.69) is 15.6 Å². The molecule has 0 saturated carbocycles. The van der Waals surface area contributed by atoms with Crippen LogP contribution in [0.15, 0.2) is 30.3 Å². The summed E-state index contributed by atoms with van der Waals surface area (Å²) < 4.78 is 36.1. The van der Waals surface area contributed by atoms with Gasteiger partial charge in [0.2, 0.25) is 0 Å². The van der Waals surface area contributed by atoms with Crippen LogP contribution in [0.25, 0.3) is 0 Å². The fraction of sp³-hybridized carbons (Fsp3) is 0.222. The molecule has 0 aliphatic carbocycles. The molecule has 0 aliphatic heterocycles. The Bertz CT molecular complexity index is 289. The zero-order chi connectivity index (χ0) is 9.90. The Morgan fingerprint density at radius 3 is 2.15 bits per heavy atom. The summed E-state index contributed by atoms with van der Waals surface area (Å²) in [7, 11) is 0. The summed E-state index contributed by atoms with van der Waals surface area (Å²) in [6, 6.07) is 8.49. The molecule has 0 bridgehead atoms. The van der Waals surface area contributed by atoms with Crippen LogP contribution in [0.1, 0.15) is 12.0 Å². The molecule has 0 nitrogen and oxygen atoms in total. The molecule has 0 N–H and O–H groups in total. The Balaban J connectivity index is 2.71. The molecule has 0 amide bonds. The molecule has 0 heterocycles. The van der Waals surface area contributed by atoms with E-state index in [0.717, 1.165) is 0 Å². The first kappa shape index (κ1) is 10.5. The van der Waals surface area contributed by atoms with Crippen molar-refractivity contribution in [3.63, 3.8) is 0 Å². The normalized spacial score (nSPS) is 11.3. The monoisotopic (exact) mass is 252 g/mol. The number of hydrogen-bond donors (Lipinski definition) is 0. The van der Waals surface area contributed by atoms with E-state index in [1.807, 2.05) is 0 Å². The second-order valence-electron chi connectivity index (χ2n) is 2.58. The third kappa shape index (κ3) is 3.74. The Labute approximate surface area is 82.1 Å². The first-order chi connectivity index (χ1) is 5.99. The molecule has 13 heavy (non-hydrogen) atoms. The van der Waals surface area contributed by atoms with Gasteiger partial charge in [0.15, 0.2) is 0 Å². The van der Waals surface area contributed by atoms with Crippen molar-refractivity contribution < 1.29 is 13.2 Å². The average molecular weight is 251 g/mol. The number of rotatable bonds is 2. The summed E-state index contributed by atoms with van der Waals surface area (Å²) in [4.78, 5) is 0. The van der Waals surface area contributed by atoms with Crippen LogP contribution in [0.5, 0.6) is 0 Å². The van der Waals surface area contributed by atoms with E-state index in [1.54, 1.807) is 30.3 Å². The zero-order valence-electron chi connectivity index (χ0n) is 6.64. The molecule has 1 aromatic carbocycles. The molecule has 70 valence electrons. The van der Waals surface area contributed by atoms with Gasteiger partial charge in [0.25, 0.3) is 0 Å². The van der Waals surface area contributed by atoms with Gasteiger partial charge in [-0.2, -0.15) is 0 Å². The van der Waals surface area contributed by atoms with Gasteiger partial charge >= 0.3 is 81.7 Å². The number of alkyl halides is 3. The summed E-state index contributed by atoms with van der Waals surface area (Å²) >= 11 is 2.45. The van der Waals surface area contributed by atoms with Gasteiger partial charge in [-0.15, -0.1) is 0 Å². The Hall–Kier alpha value is -0.601. The summed E-state index contributed by atoms with van der Waals surface area (Å²) in [5.41, 5.74) is 0.597. The van der Waals surface area contributed by atoms with Crippen molar-refractivity contribution in [3.8, 4) is 0 Å². The van der Waals surface area contributed by atoms with E-state index in [1.165, 1.54) is 0 Å². The van der Waals surface area contributed by atoms with Gasteiger partial charge in [-0.05, 0) is 0 Å². The number of hydrogen-bond acceptors (Lipinski definition) is 0. The molecular formula is C9H7F3Se. The van der Waals surface area contributed by atoms with Crippen LogP contribution in [0.3, 0.4) is 0 Å². The van der Waals surface area contributed by atoms with Gasteiger partial charge in [-0.3, -0.25) is 0 Å². The predicted octanol–water partition coefficient (Wildman–Crippen LogP) is 2.33. The standard InChI is InChI=1S/C9H7F3Se/c10-9(11,12)6-8(13)7-4-2-1-3-5-7/h1-5H,6H2. The molecule has 0 atom stereocenters. The topological polar surface area (TPSA) is 0 Å². The maximum atomic E-state index is 12.0. The molecule has 0 aromatic heterocycles. The van der Waals surface area contributed by atoms with Gasteiger partial charge in [0.1, 0.15) is 0 Å². The van der Waals surface area contributed by atoms with Crippen LogP contribution in [-0.2, 0) is 0 Å². The maximum absolute atomic E-state index is 12.0. The van der Waals surface area contributed by atoms with E-state index in [0.29, 0.717) is 5.56 Å². The van der Waals surface area contributed by atoms with Crippen molar-refractivity contribution in [2.24, 2.45) is 0 Å². The minimum atomic E-state index is -4.14. The fourth-order valence-electron chi connectivity index (χ4n) is 0.908. The van der Waals surface area contributed by atoms with Gasteiger partial charge in [-0.1, -0.05) is 0 Å². The van der Waals surface area contributed by atoms with Crippen LogP contribution >= 0.6 is 0 Å². The Morgan fingerprint density at radius 1 is 1.15 bits per heavy atom. The molecule has 0 aliphatic rings. The molecule has 0 spiro atoms. The molecule has 0 saturated heterocycles. The summed E-state index contributed by atoms with van der Waals surface area (Å²) in [6.07, 6.45) is -5.03. The van der Waals surface area contributed by atoms with Gasteiger partial charge in [0, 0.05) is 0 Å². The van der Waals surface area contributed by atoms with Crippen LogP contribution < -0.4 is 0 Å². The van der Waals surface area contributed by atoms with Crippen molar-refractivity contribution in [3.05, 3.63) is 35.9 Å². The van der Waals surface area contributed by atoms with Crippen LogP contribution in [0.2, 0.25) is 0 Å².